The third kappa shape index (κ3) is 4.92. The van der Waals surface area contributed by atoms with Gasteiger partial charge in [0.15, 0.2) is 0 Å². The maximum atomic E-state index is 12.4. The van der Waals surface area contributed by atoms with Crippen molar-refractivity contribution in [1.82, 2.24) is 20.1 Å². The lowest BCUT2D eigenvalue weighted by atomic mass is 9.88. The smallest absolute Gasteiger partial charge is 0.318 e. The van der Waals surface area contributed by atoms with Gasteiger partial charge in [-0.05, 0) is 30.9 Å². The molecule has 1 atom stereocenters. The van der Waals surface area contributed by atoms with Gasteiger partial charge in [-0.2, -0.15) is 0 Å². The standard InChI is InChI=1S/C20H27N5O2S/c1-13(2)16(18(26)23-19(21)27)28-20-22-17(14-9-5-3-6-10-14)25(24-20)15-11-7-4-8-12-15/h4,7-8,11-14,16H,3,5-6,9-10H2,1-2H3,(H3,21,23,26,27). The monoisotopic (exact) mass is 401 g/mol. The number of nitrogens with one attached hydrogen (secondary N) is 1. The van der Waals surface area contributed by atoms with E-state index in [1.807, 2.05) is 48.9 Å². The molecule has 1 saturated carbocycles. The molecule has 0 saturated heterocycles. The van der Waals surface area contributed by atoms with Crippen LogP contribution >= 0.6 is 11.8 Å². The van der Waals surface area contributed by atoms with E-state index in [-0.39, 0.29) is 5.92 Å². The number of imide groups is 1. The van der Waals surface area contributed by atoms with E-state index in [4.69, 9.17) is 15.8 Å². The van der Waals surface area contributed by atoms with Crippen LogP contribution in [0.2, 0.25) is 0 Å². The molecule has 0 bridgehead atoms. The van der Waals surface area contributed by atoms with Gasteiger partial charge in [-0.3, -0.25) is 10.1 Å². The highest BCUT2D eigenvalue weighted by Crippen LogP contribution is 2.35. The van der Waals surface area contributed by atoms with Crippen molar-refractivity contribution >= 4 is 23.7 Å². The van der Waals surface area contributed by atoms with Crippen LogP contribution in [-0.4, -0.2) is 32.0 Å². The fraction of sp³-hybridized carbons (Fsp3) is 0.500. The number of carbonyl (C=O) groups is 2. The first-order chi connectivity index (χ1) is 13.5. The molecule has 1 fully saturated rings. The molecular weight excluding hydrogens is 374 g/mol. The van der Waals surface area contributed by atoms with Gasteiger partial charge in [-0.1, -0.05) is 63.1 Å². The summed E-state index contributed by atoms with van der Waals surface area (Å²) in [7, 11) is 0. The van der Waals surface area contributed by atoms with Gasteiger partial charge >= 0.3 is 6.03 Å². The van der Waals surface area contributed by atoms with Crippen LogP contribution in [0.25, 0.3) is 5.69 Å². The van der Waals surface area contributed by atoms with Crippen molar-refractivity contribution in [2.75, 3.05) is 0 Å². The fourth-order valence-electron chi connectivity index (χ4n) is 3.54. The molecule has 2 aromatic rings. The molecule has 1 aliphatic rings. The van der Waals surface area contributed by atoms with Crippen LogP contribution < -0.4 is 11.1 Å². The lowest BCUT2D eigenvalue weighted by Gasteiger charge is -2.21. The van der Waals surface area contributed by atoms with Crippen molar-refractivity contribution in [3.05, 3.63) is 36.2 Å². The molecule has 3 N–H and O–H groups in total. The van der Waals surface area contributed by atoms with Crippen LogP contribution in [0.4, 0.5) is 4.79 Å². The van der Waals surface area contributed by atoms with Crippen LogP contribution in [0.1, 0.15) is 57.7 Å². The van der Waals surface area contributed by atoms with Gasteiger partial charge in [0.1, 0.15) is 5.82 Å². The van der Waals surface area contributed by atoms with Gasteiger partial charge in [0, 0.05) is 5.92 Å². The van der Waals surface area contributed by atoms with Crippen LogP contribution in [0.3, 0.4) is 0 Å². The third-order valence-corrected chi connectivity index (χ3v) is 6.32. The molecule has 150 valence electrons. The van der Waals surface area contributed by atoms with Crippen molar-refractivity contribution in [3.8, 4) is 5.69 Å². The van der Waals surface area contributed by atoms with Crippen LogP contribution in [-0.2, 0) is 4.79 Å². The van der Waals surface area contributed by atoms with E-state index in [1.165, 1.54) is 31.0 Å². The summed E-state index contributed by atoms with van der Waals surface area (Å²) >= 11 is 1.28. The van der Waals surface area contributed by atoms with Crippen molar-refractivity contribution in [2.24, 2.45) is 11.7 Å². The number of carbonyl (C=O) groups excluding carboxylic acids is 2. The number of hydrogen-bond acceptors (Lipinski definition) is 5. The summed E-state index contributed by atoms with van der Waals surface area (Å²) in [6.07, 6.45) is 5.87. The zero-order valence-electron chi connectivity index (χ0n) is 16.3. The molecule has 7 nitrogen and oxygen atoms in total. The van der Waals surface area contributed by atoms with E-state index in [1.54, 1.807) is 0 Å². The lowest BCUT2D eigenvalue weighted by Crippen LogP contribution is -2.42. The Morgan fingerprint density at radius 2 is 1.86 bits per heavy atom. The molecule has 1 aliphatic carbocycles. The first-order valence-electron chi connectivity index (χ1n) is 9.75. The number of aromatic nitrogens is 3. The van der Waals surface area contributed by atoms with E-state index in [0.29, 0.717) is 11.1 Å². The number of urea groups is 1. The highest BCUT2D eigenvalue weighted by atomic mass is 32.2. The third-order valence-electron chi connectivity index (χ3n) is 4.93. The summed E-state index contributed by atoms with van der Waals surface area (Å²) in [6.45, 7) is 3.85. The molecule has 28 heavy (non-hydrogen) atoms. The fourth-order valence-corrected chi connectivity index (χ4v) is 4.48. The van der Waals surface area contributed by atoms with Crippen LogP contribution in [0.15, 0.2) is 35.5 Å². The summed E-state index contributed by atoms with van der Waals surface area (Å²) in [4.78, 5) is 28.3. The topological polar surface area (TPSA) is 103 Å². The first-order valence-corrected chi connectivity index (χ1v) is 10.6. The second-order valence-corrected chi connectivity index (χ2v) is 8.58. The van der Waals surface area contributed by atoms with E-state index in [9.17, 15) is 9.59 Å². The summed E-state index contributed by atoms with van der Waals surface area (Å²) in [6, 6.07) is 9.10. The molecule has 0 radical (unpaired) electrons. The van der Waals surface area contributed by atoms with Crippen LogP contribution in [0.5, 0.6) is 0 Å². The minimum Gasteiger partial charge on any atom is -0.351 e. The second-order valence-electron chi connectivity index (χ2n) is 7.47. The normalized spacial score (nSPS) is 16.1. The zero-order valence-corrected chi connectivity index (χ0v) is 17.1. The number of primary amides is 1. The summed E-state index contributed by atoms with van der Waals surface area (Å²) in [5.41, 5.74) is 6.07. The molecule has 3 amide bonds. The van der Waals surface area contributed by atoms with Crippen molar-refractivity contribution < 1.29 is 9.59 Å². The highest BCUT2D eigenvalue weighted by molar-refractivity contribution is 8.00. The van der Waals surface area contributed by atoms with Gasteiger partial charge in [-0.15, -0.1) is 5.10 Å². The van der Waals surface area contributed by atoms with E-state index >= 15 is 0 Å². The summed E-state index contributed by atoms with van der Waals surface area (Å²) in [5.74, 6) is 0.896. The van der Waals surface area contributed by atoms with Gasteiger partial charge in [-0.25, -0.2) is 14.5 Å². The Bertz CT molecular complexity index is 815. The Morgan fingerprint density at radius 1 is 1.18 bits per heavy atom. The van der Waals surface area contributed by atoms with Gasteiger partial charge in [0.2, 0.25) is 11.1 Å². The molecule has 0 aliphatic heterocycles. The number of benzene rings is 1. The maximum absolute atomic E-state index is 12.4. The summed E-state index contributed by atoms with van der Waals surface area (Å²) in [5, 5.41) is 6.93. The largest absolute Gasteiger partial charge is 0.351 e. The van der Waals surface area contributed by atoms with Crippen LogP contribution in [0, 0.1) is 5.92 Å². The van der Waals surface area contributed by atoms with E-state index in [2.05, 4.69) is 5.32 Å². The Balaban J connectivity index is 1.91. The molecular formula is C20H27N5O2S. The number of rotatable bonds is 6. The van der Waals surface area contributed by atoms with E-state index in [0.717, 1.165) is 24.4 Å². The average Bonchev–Trinajstić information content (AvgIpc) is 3.11. The number of hydrogen-bond donors (Lipinski definition) is 2. The van der Waals surface area contributed by atoms with E-state index < -0.39 is 17.2 Å². The molecule has 1 heterocycles. The highest BCUT2D eigenvalue weighted by Gasteiger charge is 2.29. The minimum atomic E-state index is -0.845. The maximum Gasteiger partial charge on any atom is 0.318 e. The minimum absolute atomic E-state index is 0.00819. The second kappa shape index (κ2) is 9.23. The number of thioether (sulfide) groups is 1. The van der Waals surface area contributed by atoms with Gasteiger partial charge in [0.25, 0.3) is 0 Å². The van der Waals surface area contributed by atoms with Crippen molar-refractivity contribution in [3.63, 3.8) is 0 Å². The van der Waals surface area contributed by atoms with Crippen molar-refractivity contribution in [1.29, 1.82) is 0 Å². The molecule has 0 spiro atoms. The van der Waals surface area contributed by atoms with Gasteiger partial charge in [0.05, 0.1) is 10.9 Å². The molecule has 3 rings (SSSR count). The number of amides is 3. The lowest BCUT2D eigenvalue weighted by molar-refractivity contribution is -0.120. The summed E-state index contributed by atoms with van der Waals surface area (Å²) < 4.78 is 1.90. The Kier molecular flexibility index (Phi) is 6.72. The number of para-hydroxylation sites is 1. The quantitative estimate of drug-likeness (QED) is 0.720. The SMILES string of the molecule is CC(C)C(Sc1nc(C2CCCCC2)n(-c2ccccc2)n1)C(=O)NC(N)=O. The number of nitrogens with zero attached hydrogens (tertiary/aromatic N) is 3. The Morgan fingerprint density at radius 3 is 2.46 bits per heavy atom. The zero-order chi connectivity index (χ0) is 20.1. The molecule has 1 aromatic heterocycles. The average molecular weight is 402 g/mol. The predicted molar refractivity (Wildman–Crippen MR) is 109 cm³/mol. The first kappa shape index (κ1) is 20.4. The molecule has 8 heteroatoms. The number of nitrogens with two attached hydrogens (primary N) is 1. The van der Waals surface area contributed by atoms with Crippen molar-refractivity contribution in [2.45, 2.75) is 62.3 Å². The molecule has 1 aromatic carbocycles. The molecule has 1 unspecified atom stereocenters. The predicted octanol–water partition coefficient (Wildman–Crippen LogP) is 3.63. The Hall–Kier alpha value is -2.35. The van der Waals surface area contributed by atoms with Gasteiger partial charge < -0.3 is 5.73 Å². The Labute approximate surface area is 169 Å².